The second-order valence-electron chi connectivity index (χ2n) is 4.82. The number of nitrogens with zero attached hydrogens (tertiary/aromatic N) is 2. The number of carbonyl (C=O) groups is 1. The second-order valence-corrected chi connectivity index (χ2v) is 4.82. The van der Waals surface area contributed by atoms with E-state index in [-0.39, 0.29) is 6.54 Å². The number of piperidine rings is 1. The van der Waals surface area contributed by atoms with E-state index in [1.165, 1.54) is 19.4 Å². The fraction of sp³-hybridized carbons (Fsp3) is 0.909. The minimum absolute atomic E-state index is 0.178. The van der Waals surface area contributed by atoms with Gasteiger partial charge in [-0.05, 0) is 45.8 Å². The van der Waals surface area contributed by atoms with Crippen molar-refractivity contribution < 1.29 is 9.90 Å². The molecule has 2 fully saturated rings. The number of carboxylic acids is 1. The third-order valence-electron chi connectivity index (χ3n) is 3.80. The van der Waals surface area contributed by atoms with Gasteiger partial charge in [0.2, 0.25) is 0 Å². The lowest BCUT2D eigenvalue weighted by molar-refractivity contribution is -0.138. The van der Waals surface area contributed by atoms with Crippen LogP contribution in [0.1, 0.15) is 25.7 Å². The van der Waals surface area contributed by atoms with E-state index in [0.29, 0.717) is 6.04 Å². The molecule has 0 amide bonds. The zero-order valence-corrected chi connectivity index (χ0v) is 9.35. The highest BCUT2D eigenvalue weighted by atomic mass is 16.4. The number of hydrogen-bond acceptors (Lipinski definition) is 3. The normalized spacial score (nSPS) is 31.9. The van der Waals surface area contributed by atoms with Crippen molar-refractivity contribution in [2.75, 3.05) is 26.7 Å². The van der Waals surface area contributed by atoms with Crippen LogP contribution >= 0.6 is 0 Å². The van der Waals surface area contributed by atoms with E-state index >= 15 is 0 Å². The largest absolute Gasteiger partial charge is 0.480 e. The van der Waals surface area contributed by atoms with E-state index in [1.54, 1.807) is 0 Å². The first kappa shape index (κ1) is 10.9. The monoisotopic (exact) mass is 212 g/mol. The molecule has 4 heteroatoms. The number of aliphatic carboxylic acids is 1. The van der Waals surface area contributed by atoms with Crippen LogP contribution in [0, 0.1) is 0 Å². The average Bonchev–Trinajstić information content (AvgIpc) is 2.62. The first-order chi connectivity index (χ1) is 7.16. The van der Waals surface area contributed by atoms with Gasteiger partial charge in [-0.3, -0.25) is 9.69 Å². The first-order valence-electron chi connectivity index (χ1n) is 5.83. The van der Waals surface area contributed by atoms with Gasteiger partial charge in [0.1, 0.15) is 0 Å². The van der Waals surface area contributed by atoms with Crippen LogP contribution in [0.5, 0.6) is 0 Å². The van der Waals surface area contributed by atoms with Crippen LogP contribution in [0.4, 0.5) is 0 Å². The third-order valence-corrected chi connectivity index (χ3v) is 3.80. The molecular weight excluding hydrogens is 192 g/mol. The molecule has 2 heterocycles. The van der Waals surface area contributed by atoms with Crippen LogP contribution in [0.15, 0.2) is 0 Å². The molecule has 2 unspecified atom stereocenters. The number of hydrogen-bond donors (Lipinski definition) is 1. The lowest BCUT2D eigenvalue weighted by Gasteiger charge is -2.38. The van der Waals surface area contributed by atoms with Gasteiger partial charge in [0.05, 0.1) is 6.54 Å². The van der Waals surface area contributed by atoms with Crippen LogP contribution in [0.3, 0.4) is 0 Å². The summed E-state index contributed by atoms with van der Waals surface area (Å²) in [5.74, 6) is -0.716. The maximum absolute atomic E-state index is 10.6. The van der Waals surface area contributed by atoms with E-state index < -0.39 is 5.97 Å². The van der Waals surface area contributed by atoms with E-state index in [2.05, 4.69) is 4.90 Å². The van der Waals surface area contributed by atoms with E-state index in [1.807, 2.05) is 11.9 Å². The molecule has 0 spiro atoms. The Labute approximate surface area is 90.9 Å². The van der Waals surface area contributed by atoms with Crippen LogP contribution in [0.2, 0.25) is 0 Å². The summed E-state index contributed by atoms with van der Waals surface area (Å²) in [4.78, 5) is 15.2. The van der Waals surface area contributed by atoms with Gasteiger partial charge in [-0.2, -0.15) is 0 Å². The summed E-state index contributed by atoms with van der Waals surface area (Å²) in [6, 6.07) is 1.19. The van der Waals surface area contributed by atoms with Crippen molar-refractivity contribution in [3.63, 3.8) is 0 Å². The number of likely N-dealkylation sites (N-methyl/N-ethyl adjacent to an activating group) is 1. The molecule has 0 aromatic carbocycles. The fourth-order valence-corrected chi connectivity index (χ4v) is 2.95. The standard InChI is InChI=1S/C11H20N2O2/c1-12(8-11(14)15)9-4-6-13-5-2-3-10(13)7-9/h9-10H,2-8H2,1H3,(H,14,15). The molecule has 0 saturated carbocycles. The summed E-state index contributed by atoms with van der Waals surface area (Å²) < 4.78 is 0. The molecule has 15 heavy (non-hydrogen) atoms. The topological polar surface area (TPSA) is 43.8 Å². The van der Waals surface area contributed by atoms with E-state index in [0.717, 1.165) is 25.4 Å². The van der Waals surface area contributed by atoms with Crippen molar-refractivity contribution >= 4 is 5.97 Å². The molecule has 0 aromatic rings. The van der Waals surface area contributed by atoms with Gasteiger partial charge in [0.15, 0.2) is 0 Å². The quantitative estimate of drug-likeness (QED) is 0.745. The van der Waals surface area contributed by atoms with Crippen LogP contribution < -0.4 is 0 Å². The molecule has 2 saturated heterocycles. The van der Waals surface area contributed by atoms with Crippen LogP contribution in [0.25, 0.3) is 0 Å². The molecule has 2 atom stereocenters. The Kier molecular flexibility index (Phi) is 3.26. The van der Waals surface area contributed by atoms with Crippen molar-refractivity contribution in [1.29, 1.82) is 0 Å². The Bertz CT molecular complexity index is 245. The zero-order chi connectivity index (χ0) is 10.8. The molecule has 0 aliphatic carbocycles. The predicted molar refractivity (Wildman–Crippen MR) is 57.9 cm³/mol. The molecule has 2 rings (SSSR count). The lowest BCUT2D eigenvalue weighted by Crippen LogP contribution is -2.47. The van der Waals surface area contributed by atoms with E-state index in [9.17, 15) is 4.79 Å². The molecule has 2 aliphatic rings. The maximum atomic E-state index is 10.6. The first-order valence-corrected chi connectivity index (χ1v) is 5.83. The Morgan fingerprint density at radius 2 is 2.27 bits per heavy atom. The molecule has 2 aliphatic heterocycles. The summed E-state index contributed by atoms with van der Waals surface area (Å²) in [5, 5.41) is 8.75. The maximum Gasteiger partial charge on any atom is 0.317 e. The molecule has 0 bridgehead atoms. The highest BCUT2D eigenvalue weighted by Gasteiger charge is 2.33. The van der Waals surface area contributed by atoms with Crippen LogP contribution in [-0.2, 0) is 4.79 Å². The van der Waals surface area contributed by atoms with Gasteiger partial charge >= 0.3 is 5.97 Å². The van der Waals surface area contributed by atoms with Gasteiger partial charge in [-0.25, -0.2) is 0 Å². The Balaban J connectivity index is 1.86. The van der Waals surface area contributed by atoms with Crippen molar-refractivity contribution in [3.05, 3.63) is 0 Å². The zero-order valence-electron chi connectivity index (χ0n) is 9.35. The molecule has 86 valence electrons. The summed E-state index contributed by atoms with van der Waals surface area (Å²) >= 11 is 0. The Morgan fingerprint density at radius 3 is 3.00 bits per heavy atom. The number of fused-ring (bicyclic) bond motifs is 1. The summed E-state index contributed by atoms with van der Waals surface area (Å²) in [7, 11) is 1.93. The summed E-state index contributed by atoms with van der Waals surface area (Å²) in [6.07, 6.45) is 4.90. The molecule has 1 N–H and O–H groups in total. The second kappa shape index (κ2) is 4.49. The lowest BCUT2D eigenvalue weighted by atomic mass is 9.96. The van der Waals surface area contributed by atoms with Crippen LogP contribution in [-0.4, -0.2) is 59.6 Å². The Hall–Kier alpha value is -0.610. The van der Waals surface area contributed by atoms with Gasteiger partial charge in [-0.1, -0.05) is 0 Å². The average molecular weight is 212 g/mol. The molecule has 0 aromatic heterocycles. The SMILES string of the molecule is CN(CC(=O)O)C1CCN2CCCC2C1. The third kappa shape index (κ3) is 2.49. The van der Waals surface area contributed by atoms with Crippen molar-refractivity contribution in [2.45, 2.75) is 37.8 Å². The van der Waals surface area contributed by atoms with Gasteiger partial charge < -0.3 is 10.0 Å². The van der Waals surface area contributed by atoms with Crippen molar-refractivity contribution in [2.24, 2.45) is 0 Å². The molecular formula is C11H20N2O2. The minimum atomic E-state index is -0.716. The predicted octanol–water partition coefficient (Wildman–Crippen LogP) is 0.630. The highest BCUT2D eigenvalue weighted by Crippen LogP contribution is 2.28. The minimum Gasteiger partial charge on any atom is -0.480 e. The van der Waals surface area contributed by atoms with Crippen molar-refractivity contribution in [1.82, 2.24) is 9.80 Å². The summed E-state index contributed by atoms with van der Waals surface area (Å²) in [5.41, 5.74) is 0. The van der Waals surface area contributed by atoms with Gasteiger partial charge in [0.25, 0.3) is 0 Å². The molecule has 4 nitrogen and oxygen atoms in total. The molecule has 0 radical (unpaired) electrons. The number of rotatable bonds is 3. The smallest absolute Gasteiger partial charge is 0.317 e. The van der Waals surface area contributed by atoms with Gasteiger partial charge in [0, 0.05) is 12.1 Å². The summed E-state index contributed by atoms with van der Waals surface area (Å²) in [6.45, 7) is 2.58. The Morgan fingerprint density at radius 1 is 1.47 bits per heavy atom. The number of carboxylic acid groups (broad SMARTS) is 1. The van der Waals surface area contributed by atoms with E-state index in [4.69, 9.17) is 5.11 Å². The van der Waals surface area contributed by atoms with Crippen molar-refractivity contribution in [3.8, 4) is 0 Å². The van der Waals surface area contributed by atoms with Gasteiger partial charge in [-0.15, -0.1) is 0 Å². The highest BCUT2D eigenvalue weighted by molar-refractivity contribution is 5.69. The fourth-order valence-electron chi connectivity index (χ4n) is 2.95.